The molecular formula is C82H68N8. The zero-order chi connectivity index (χ0) is 62.1. The van der Waals surface area contributed by atoms with Gasteiger partial charge in [0.25, 0.3) is 0 Å². The van der Waals surface area contributed by atoms with Gasteiger partial charge in [0.2, 0.25) is 0 Å². The lowest BCUT2D eigenvalue weighted by Gasteiger charge is -2.13. The van der Waals surface area contributed by atoms with E-state index in [1.807, 2.05) is 189 Å². The Hall–Kier alpha value is -11.2. The second kappa shape index (κ2) is 26.8. The Labute approximate surface area is 524 Å². The second-order valence-corrected chi connectivity index (χ2v) is 20.6. The molecule has 0 saturated heterocycles. The Kier molecular flexibility index (Phi) is 17.6. The fourth-order valence-corrected chi connectivity index (χ4v) is 11.7. The second-order valence-electron chi connectivity index (χ2n) is 20.6. The fourth-order valence-electron chi connectivity index (χ4n) is 11.7. The third-order valence-corrected chi connectivity index (χ3v) is 15.6. The quantitative estimate of drug-likeness (QED) is 0.124. The molecule has 8 nitrogen and oxygen atoms in total. The molecule has 0 radical (unpaired) electrons. The van der Waals surface area contributed by atoms with Crippen molar-refractivity contribution in [3.8, 4) is 56.2 Å². The molecule has 0 fully saturated rings. The third-order valence-electron chi connectivity index (χ3n) is 15.6. The lowest BCUT2D eigenvalue weighted by Crippen LogP contribution is -1.97. The Morgan fingerprint density at radius 3 is 0.633 bits per heavy atom. The molecule has 4 heterocycles. The highest BCUT2D eigenvalue weighted by Gasteiger charge is 2.19. The smallest absolute Gasteiger partial charge is 0.0979 e. The minimum absolute atomic E-state index is 0.856. The topological polar surface area (TPSA) is 103 Å². The molecule has 0 atom stereocenters. The summed E-state index contributed by atoms with van der Waals surface area (Å²) in [5, 5.41) is 9.17. The molecule has 0 aliphatic rings. The van der Waals surface area contributed by atoms with E-state index < -0.39 is 0 Å². The zero-order valence-electron chi connectivity index (χ0n) is 52.0. The molecule has 0 N–H and O–H groups in total. The van der Waals surface area contributed by atoms with Crippen LogP contribution in [0, 0.1) is 0 Å². The van der Waals surface area contributed by atoms with Gasteiger partial charge < -0.3 is 0 Å². The summed E-state index contributed by atoms with van der Waals surface area (Å²) in [6.07, 6.45) is 0. The minimum Gasteiger partial charge on any atom is -0.244 e. The van der Waals surface area contributed by atoms with Crippen LogP contribution in [0.4, 0.5) is 0 Å². The Bertz CT molecular complexity index is 5060. The molecule has 0 bridgehead atoms. The maximum atomic E-state index is 5.11. The average molecular weight is 1170 g/mol. The third kappa shape index (κ3) is 11.2. The van der Waals surface area contributed by atoms with Gasteiger partial charge in [-0.1, -0.05) is 262 Å². The van der Waals surface area contributed by atoms with Crippen molar-refractivity contribution in [3.63, 3.8) is 0 Å². The van der Waals surface area contributed by atoms with Crippen LogP contribution < -0.4 is 0 Å². The van der Waals surface area contributed by atoms with Gasteiger partial charge in [-0.15, -0.1) is 0 Å². The first-order valence-electron chi connectivity index (χ1n) is 31.4. The molecule has 4 aromatic heterocycles. The van der Waals surface area contributed by atoms with Crippen molar-refractivity contribution in [2.24, 2.45) is 0 Å². The number of hydrogen-bond acceptors (Lipinski definition) is 8. The van der Waals surface area contributed by atoms with Crippen LogP contribution >= 0.6 is 0 Å². The van der Waals surface area contributed by atoms with E-state index in [0.717, 1.165) is 144 Å². The van der Waals surface area contributed by atoms with Crippen LogP contribution in [0.25, 0.3) is 165 Å². The van der Waals surface area contributed by atoms with Gasteiger partial charge in [0, 0.05) is 43.8 Å². The van der Waals surface area contributed by atoms with Crippen LogP contribution in [0.3, 0.4) is 0 Å². The molecule has 90 heavy (non-hydrogen) atoms. The van der Waals surface area contributed by atoms with Gasteiger partial charge in [-0.25, -0.2) is 39.9 Å². The first kappa shape index (κ1) is 59.1. The number of benzene rings is 13. The molecule has 0 saturated carbocycles. The summed E-state index contributed by atoms with van der Waals surface area (Å²) in [5.74, 6) is 0. The molecule has 0 spiro atoms. The van der Waals surface area contributed by atoms with Gasteiger partial charge in [0.05, 0.1) is 89.0 Å². The Morgan fingerprint density at radius 2 is 0.356 bits per heavy atom. The molecule has 0 unspecified atom stereocenters. The summed E-state index contributed by atoms with van der Waals surface area (Å²) in [6.45, 7) is 16.0. The summed E-state index contributed by atoms with van der Waals surface area (Å²) >= 11 is 0. The van der Waals surface area contributed by atoms with E-state index in [1.165, 1.54) is 21.5 Å². The lowest BCUT2D eigenvalue weighted by atomic mass is 9.93. The maximum Gasteiger partial charge on any atom is 0.0979 e. The van der Waals surface area contributed by atoms with Crippen LogP contribution in [-0.2, 0) is 0 Å². The molecule has 8 heteroatoms. The van der Waals surface area contributed by atoms with Crippen molar-refractivity contribution < 1.29 is 0 Å². The van der Waals surface area contributed by atoms with Gasteiger partial charge in [0.1, 0.15) is 0 Å². The Balaban J connectivity index is 0.000000159. The summed E-state index contributed by atoms with van der Waals surface area (Å²) in [7, 11) is 0. The van der Waals surface area contributed by atoms with Crippen LogP contribution in [-0.4, -0.2) is 39.9 Å². The summed E-state index contributed by atoms with van der Waals surface area (Å²) in [5.41, 5.74) is 20.7. The number of nitrogens with zero attached hydrogens (tertiary/aromatic N) is 8. The van der Waals surface area contributed by atoms with Gasteiger partial charge in [0.15, 0.2) is 0 Å². The summed E-state index contributed by atoms with van der Waals surface area (Å²) < 4.78 is 0. The summed E-state index contributed by atoms with van der Waals surface area (Å²) in [4.78, 5) is 40.4. The largest absolute Gasteiger partial charge is 0.244 e. The van der Waals surface area contributed by atoms with Gasteiger partial charge in [-0.3, -0.25) is 0 Å². The molecule has 13 aromatic carbocycles. The Morgan fingerprint density at radius 1 is 0.156 bits per heavy atom. The first-order valence-corrected chi connectivity index (χ1v) is 31.4. The lowest BCUT2D eigenvalue weighted by molar-refractivity contribution is 1.28. The molecule has 0 aliphatic carbocycles. The van der Waals surface area contributed by atoms with Crippen molar-refractivity contribution >= 4 is 109 Å². The monoisotopic (exact) mass is 1160 g/mol. The van der Waals surface area contributed by atoms with Crippen LogP contribution in [0.5, 0.6) is 0 Å². The van der Waals surface area contributed by atoms with E-state index in [-0.39, 0.29) is 0 Å². The fraction of sp³-hybridized carbons (Fsp3) is 0.0976. The minimum atomic E-state index is 0.856. The van der Waals surface area contributed by atoms with E-state index in [9.17, 15) is 0 Å². The molecule has 0 amide bonds. The molecular weight excluding hydrogens is 1100 g/mol. The molecule has 17 aromatic rings. The summed E-state index contributed by atoms with van der Waals surface area (Å²) in [6, 6.07) is 91.6. The zero-order valence-corrected chi connectivity index (χ0v) is 52.0. The number of rotatable bonds is 5. The molecule has 17 rings (SSSR count). The number of fused-ring (bicyclic) bond motifs is 16. The molecule has 436 valence electrons. The number of hydrogen-bond donors (Lipinski definition) is 0. The average Bonchev–Trinajstić information content (AvgIpc) is 0.764. The van der Waals surface area contributed by atoms with Crippen molar-refractivity contribution in [1.29, 1.82) is 0 Å². The number of aromatic nitrogens is 8. The van der Waals surface area contributed by atoms with E-state index in [0.29, 0.717) is 0 Å². The van der Waals surface area contributed by atoms with Gasteiger partial charge >= 0.3 is 0 Å². The first-order chi connectivity index (χ1) is 44.6. The van der Waals surface area contributed by atoms with E-state index in [2.05, 4.69) is 133 Å². The standard InChI is InChI=1S/C40H22N4.C34H22N4.4C2H6/c1-3-11-27-25(9-1)31-21-23(17-19-29(31)39-37(27)41-33-13-5-7-15-35(33)43-39)24-18-20-30-32(22-24)26-10-2-4-12-28(26)38-40(30)44-36-16-8-6-14-34(36)42-38;1-3-11-23(12-4-1)31-33(37-29-17-9-7-15-27(29)35-31)25-19-21-26(22-20-25)34-32(24-13-5-2-6-14-24)36-28-16-8-10-18-30(28)38-34;4*1-2/h1-22H;1-22H;4*1-2H3. The van der Waals surface area contributed by atoms with Crippen molar-refractivity contribution in [1.82, 2.24) is 39.9 Å². The highest BCUT2D eigenvalue weighted by Crippen LogP contribution is 2.41. The van der Waals surface area contributed by atoms with E-state index in [1.54, 1.807) is 0 Å². The normalized spacial score (nSPS) is 10.9. The van der Waals surface area contributed by atoms with Crippen molar-refractivity contribution in [3.05, 3.63) is 267 Å². The van der Waals surface area contributed by atoms with Crippen LogP contribution in [0.1, 0.15) is 55.4 Å². The predicted molar refractivity (Wildman–Crippen MR) is 383 cm³/mol. The van der Waals surface area contributed by atoms with Crippen LogP contribution in [0.2, 0.25) is 0 Å². The van der Waals surface area contributed by atoms with Crippen molar-refractivity contribution in [2.75, 3.05) is 0 Å². The SMILES string of the molecule is CC.CC.CC.CC.c1ccc(-c2nc3ccccc3nc2-c2ccc(-c3nc4ccccc4nc3-c3ccccc3)cc2)cc1.c1ccc2nc3c4ccc(-c5ccc6c(c5)c5ccccc5c5nc7ccccc7nc65)cc4c4ccccc4c3nc2c1. The molecule has 0 aliphatic heterocycles. The van der Waals surface area contributed by atoms with Crippen molar-refractivity contribution in [2.45, 2.75) is 55.4 Å². The van der Waals surface area contributed by atoms with E-state index >= 15 is 0 Å². The highest BCUT2D eigenvalue weighted by molar-refractivity contribution is 6.26. The highest BCUT2D eigenvalue weighted by atomic mass is 14.9. The number of para-hydroxylation sites is 8. The van der Waals surface area contributed by atoms with Gasteiger partial charge in [-0.05, 0) is 93.3 Å². The maximum absolute atomic E-state index is 5.11. The van der Waals surface area contributed by atoms with E-state index in [4.69, 9.17) is 39.9 Å². The van der Waals surface area contributed by atoms with Crippen LogP contribution in [0.15, 0.2) is 267 Å². The van der Waals surface area contributed by atoms with Gasteiger partial charge in [-0.2, -0.15) is 0 Å². The predicted octanol–water partition coefficient (Wildman–Crippen LogP) is 22.5.